The van der Waals surface area contributed by atoms with Gasteiger partial charge >= 0.3 is 0 Å². The van der Waals surface area contributed by atoms with Crippen molar-refractivity contribution in [3.8, 4) is 0 Å². The van der Waals surface area contributed by atoms with Crippen molar-refractivity contribution < 1.29 is 0 Å². The maximum atomic E-state index is 5.73. The first-order chi connectivity index (χ1) is 6.69. The molecule has 0 saturated heterocycles. The second-order valence-electron chi connectivity index (χ2n) is 3.80. The normalized spacial score (nSPS) is 12.5. The summed E-state index contributed by atoms with van der Waals surface area (Å²) in [5.41, 5.74) is 9.73. The third kappa shape index (κ3) is 2.46. The van der Waals surface area contributed by atoms with E-state index >= 15 is 0 Å². The smallest absolute Gasteiger partial charge is 0.000433 e. The van der Waals surface area contributed by atoms with E-state index in [1.807, 2.05) is 6.08 Å². The Morgan fingerprint density at radius 1 is 1.36 bits per heavy atom. The Bertz CT molecular complexity index is 315. The fourth-order valence-corrected chi connectivity index (χ4v) is 1.59. The van der Waals surface area contributed by atoms with Crippen LogP contribution in [0.15, 0.2) is 30.9 Å². The molecule has 0 bridgehead atoms. The lowest BCUT2D eigenvalue weighted by Crippen LogP contribution is -2.11. The van der Waals surface area contributed by atoms with Gasteiger partial charge in [-0.05, 0) is 49.4 Å². The summed E-state index contributed by atoms with van der Waals surface area (Å²) in [7, 11) is 0. The van der Waals surface area contributed by atoms with E-state index in [1.54, 1.807) is 0 Å². The molecule has 0 aliphatic carbocycles. The molecule has 1 aromatic carbocycles. The van der Waals surface area contributed by atoms with E-state index in [0.717, 1.165) is 6.42 Å². The highest BCUT2D eigenvalue weighted by atomic mass is 14.5. The summed E-state index contributed by atoms with van der Waals surface area (Å²) >= 11 is 0. The van der Waals surface area contributed by atoms with Crippen molar-refractivity contribution in [2.75, 3.05) is 6.54 Å². The monoisotopic (exact) mass is 189 g/mol. The van der Waals surface area contributed by atoms with Gasteiger partial charge in [-0.3, -0.25) is 0 Å². The van der Waals surface area contributed by atoms with E-state index < -0.39 is 0 Å². The van der Waals surface area contributed by atoms with E-state index in [-0.39, 0.29) is 0 Å². The van der Waals surface area contributed by atoms with Crippen LogP contribution in [0.2, 0.25) is 0 Å². The predicted molar refractivity (Wildman–Crippen MR) is 62.5 cm³/mol. The van der Waals surface area contributed by atoms with E-state index in [4.69, 9.17) is 5.73 Å². The van der Waals surface area contributed by atoms with Crippen LogP contribution < -0.4 is 5.73 Å². The van der Waals surface area contributed by atoms with Gasteiger partial charge in [-0.25, -0.2) is 0 Å². The van der Waals surface area contributed by atoms with Crippen molar-refractivity contribution >= 4 is 0 Å². The van der Waals surface area contributed by atoms with Gasteiger partial charge in [-0.2, -0.15) is 0 Å². The Morgan fingerprint density at radius 3 is 2.57 bits per heavy atom. The van der Waals surface area contributed by atoms with Gasteiger partial charge < -0.3 is 5.73 Å². The van der Waals surface area contributed by atoms with Gasteiger partial charge in [0.05, 0.1) is 0 Å². The molecule has 14 heavy (non-hydrogen) atoms. The third-order valence-corrected chi connectivity index (χ3v) is 2.74. The Kier molecular flexibility index (Phi) is 3.90. The van der Waals surface area contributed by atoms with Gasteiger partial charge in [-0.15, -0.1) is 6.58 Å². The SMILES string of the molecule is C=CCC(CN)c1ccc(C)c(C)c1. The van der Waals surface area contributed by atoms with Gasteiger partial charge in [-0.1, -0.05) is 24.3 Å². The maximum Gasteiger partial charge on any atom is -0.000433 e. The summed E-state index contributed by atoms with van der Waals surface area (Å²) in [6.07, 6.45) is 2.89. The molecule has 0 aliphatic heterocycles. The average molecular weight is 189 g/mol. The van der Waals surface area contributed by atoms with Crippen molar-refractivity contribution in [2.24, 2.45) is 5.73 Å². The van der Waals surface area contributed by atoms with Crippen LogP contribution in [0.25, 0.3) is 0 Å². The Morgan fingerprint density at radius 2 is 2.07 bits per heavy atom. The zero-order chi connectivity index (χ0) is 10.6. The minimum Gasteiger partial charge on any atom is -0.330 e. The molecule has 2 N–H and O–H groups in total. The van der Waals surface area contributed by atoms with Crippen LogP contribution >= 0.6 is 0 Å². The molecule has 76 valence electrons. The van der Waals surface area contributed by atoms with E-state index in [1.165, 1.54) is 16.7 Å². The van der Waals surface area contributed by atoms with Crippen LogP contribution in [-0.4, -0.2) is 6.54 Å². The molecule has 0 radical (unpaired) electrons. The molecule has 1 rings (SSSR count). The maximum absolute atomic E-state index is 5.73. The highest BCUT2D eigenvalue weighted by molar-refractivity contribution is 5.32. The number of hydrogen-bond acceptors (Lipinski definition) is 1. The standard InChI is InChI=1S/C13H19N/c1-4-5-13(9-14)12-7-6-10(2)11(3)8-12/h4,6-8,13H,1,5,9,14H2,2-3H3. The molecule has 1 heteroatoms. The minimum atomic E-state index is 0.423. The highest BCUT2D eigenvalue weighted by Crippen LogP contribution is 2.21. The molecular formula is C13H19N. The lowest BCUT2D eigenvalue weighted by atomic mass is 9.93. The van der Waals surface area contributed by atoms with Gasteiger partial charge in [0.1, 0.15) is 0 Å². The van der Waals surface area contributed by atoms with Crippen molar-refractivity contribution in [1.82, 2.24) is 0 Å². The number of hydrogen-bond donors (Lipinski definition) is 1. The average Bonchev–Trinajstić information content (AvgIpc) is 2.19. The molecule has 1 nitrogen and oxygen atoms in total. The van der Waals surface area contributed by atoms with Crippen molar-refractivity contribution in [3.63, 3.8) is 0 Å². The first-order valence-electron chi connectivity index (χ1n) is 5.07. The topological polar surface area (TPSA) is 26.0 Å². The number of aryl methyl sites for hydroxylation is 2. The lowest BCUT2D eigenvalue weighted by molar-refractivity contribution is 0.710. The molecule has 1 atom stereocenters. The zero-order valence-corrected chi connectivity index (χ0v) is 9.09. The summed E-state index contributed by atoms with van der Waals surface area (Å²) in [4.78, 5) is 0. The molecule has 0 spiro atoms. The molecule has 0 amide bonds. The second kappa shape index (κ2) is 4.97. The van der Waals surface area contributed by atoms with Gasteiger partial charge in [0.15, 0.2) is 0 Å². The highest BCUT2D eigenvalue weighted by Gasteiger charge is 2.07. The number of nitrogens with two attached hydrogens (primary N) is 1. The minimum absolute atomic E-state index is 0.423. The lowest BCUT2D eigenvalue weighted by Gasteiger charge is -2.14. The van der Waals surface area contributed by atoms with Crippen molar-refractivity contribution in [3.05, 3.63) is 47.5 Å². The summed E-state index contributed by atoms with van der Waals surface area (Å²) in [6, 6.07) is 6.57. The molecular weight excluding hydrogens is 170 g/mol. The Balaban J connectivity index is 2.93. The van der Waals surface area contributed by atoms with Crippen LogP contribution in [0.5, 0.6) is 0 Å². The van der Waals surface area contributed by atoms with Crippen LogP contribution in [-0.2, 0) is 0 Å². The number of allylic oxidation sites excluding steroid dienone is 1. The second-order valence-corrected chi connectivity index (χ2v) is 3.80. The van der Waals surface area contributed by atoms with Gasteiger partial charge in [0.2, 0.25) is 0 Å². The molecule has 0 fully saturated rings. The fraction of sp³-hybridized carbons (Fsp3) is 0.385. The van der Waals surface area contributed by atoms with Crippen LogP contribution in [0.1, 0.15) is 29.0 Å². The van der Waals surface area contributed by atoms with E-state index in [0.29, 0.717) is 12.5 Å². The summed E-state index contributed by atoms with van der Waals surface area (Å²) < 4.78 is 0. The van der Waals surface area contributed by atoms with Crippen LogP contribution in [0.3, 0.4) is 0 Å². The van der Waals surface area contributed by atoms with Crippen LogP contribution in [0.4, 0.5) is 0 Å². The molecule has 0 aliphatic rings. The molecule has 1 unspecified atom stereocenters. The van der Waals surface area contributed by atoms with Crippen molar-refractivity contribution in [1.29, 1.82) is 0 Å². The number of benzene rings is 1. The first-order valence-corrected chi connectivity index (χ1v) is 5.07. The van der Waals surface area contributed by atoms with Gasteiger partial charge in [0, 0.05) is 0 Å². The molecule has 0 heterocycles. The fourth-order valence-electron chi connectivity index (χ4n) is 1.59. The number of rotatable bonds is 4. The quantitative estimate of drug-likeness (QED) is 0.724. The summed E-state index contributed by atoms with van der Waals surface area (Å²) in [6.45, 7) is 8.72. The van der Waals surface area contributed by atoms with E-state index in [2.05, 4.69) is 38.6 Å². The van der Waals surface area contributed by atoms with E-state index in [9.17, 15) is 0 Å². The summed E-state index contributed by atoms with van der Waals surface area (Å²) in [5.74, 6) is 0.423. The predicted octanol–water partition coefficient (Wildman–Crippen LogP) is 2.92. The Hall–Kier alpha value is -1.08. The largest absolute Gasteiger partial charge is 0.330 e. The first kappa shape index (κ1) is 11.0. The summed E-state index contributed by atoms with van der Waals surface area (Å²) in [5, 5.41) is 0. The molecule has 0 saturated carbocycles. The van der Waals surface area contributed by atoms with Crippen molar-refractivity contribution in [2.45, 2.75) is 26.2 Å². The Labute approximate surface area is 86.6 Å². The molecule has 0 aromatic heterocycles. The van der Waals surface area contributed by atoms with Crippen LogP contribution in [0, 0.1) is 13.8 Å². The third-order valence-electron chi connectivity index (χ3n) is 2.74. The van der Waals surface area contributed by atoms with Gasteiger partial charge in [0.25, 0.3) is 0 Å². The molecule has 1 aromatic rings. The zero-order valence-electron chi connectivity index (χ0n) is 9.09.